The number of nitrogens with one attached hydrogen (secondary N) is 2. The highest BCUT2D eigenvalue weighted by Gasteiger charge is 2.35. The fraction of sp³-hybridized carbons (Fsp3) is 0.600. The number of anilines is 1. The van der Waals surface area contributed by atoms with Gasteiger partial charge in [-0.25, -0.2) is 13.1 Å². The topological polar surface area (TPSA) is 61.4 Å². The van der Waals surface area contributed by atoms with Crippen LogP contribution in [-0.4, -0.2) is 40.6 Å². The molecule has 6 heteroatoms. The van der Waals surface area contributed by atoms with Crippen LogP contribution >= 0.6 is 0 Å². The van der Waals surface area contributed by atoms with Crippen molar-refractivity contribution in [2.45, 2.75) is 48.7 Å². The summed E-state index contributed by atoms with van der Waals surface area (Å²) in [5.74, 6) is 0. The van der Waals surface area contributed by atoms with Crippen molar-refractivity contribution < 1.29 is 8.42 Å². The Morgan fingerprint density at radius 2 is 1.71 bits per heavy atom. The lowest BCUT2D eigenvalue weighted by molar-refractivity contribution is 0.355. The Labute approximate surface area is 126 Å². The molecule has 21 heavy (non-hydrogen) atoms. The number of rotatable bonds is 4. The highest BCUT2D eigenvalue weighted by molar-refractivity contribution is 7.89. The van der Waals surface area contributed by atoms with Crippen LogP contribution in [0.5, 0.6) is 0 Å². The van der Waals surface area contributed by atoms with Gasteiger partial charge >= 0.3 is 0 Å². The number of nitrogens with zero attached hydrogens (tertiary/aromatic N) is 1. The number of sulfonamides is 1. The fourth-order valence-corrected chi connectivity index (χ4v) is 4.26. The first-order valence-electron chi connectivity index (χ1n) is 7.52. The van der Waals surface area contributed by atoms with Crippen molar-refractivity contribution in [1.82, 2.24) is 10.0 Å². The summed E-state index contributed by atoms with van der Waals surface area (Å²) in [4.78, 5) is 2.61. The Kier molecular flexibility index (Phi) is 3.94. The van der Waals surface area contributed by atoms with Gasteiger partial charge < -0.3 is 10.2 Å². The van der Waals surface area contributed by atoms with Gasteiger partial charge in [0, 0.05) is 30.9 Å². The predicted octanol–water partition coefficient (Wildman–Crippen LogP) is 1.31. The van der Waals surface area contributed by atoms with Crippen molar-refractivity contribution in [1.29, 1.82) is 0 Å². The largest absolute Gasteiger partial charge is 0.371 e. The Morgan fingerprint density at radius 1 is 1.14 bits per heavy atom. The number of fused-ring (bicyclic) bond motifs is 2. The Morgan fingerprint density at radius 3 is 2.24 bits per heavy atom. The van der Waals surface area contributed by atoms with E-state index < -0.39 is 10.0 Å². The second kappa shape index (κ2) is 5.59. The minimum atomic E-state index is -3.35. The molecular weight excluding hydrogens is 286 g/mol. The quantitative estimate of drug-likeness (QED) is 0.880. The van der Waals surface area contributed by atoms with Crippen molar-refractivity contribution in [3.63, 3.8) is 0 Å². The van der Waals surface area contributed by atoms with E-state index in [1.165, 1.54) is 32.7 Å². The van der Waals surface area contributed by atoms with Gasteiger partial charge in [0.05, 0.1) is 4.90 Å². The number of benzene rings is 1. The smallest absolute Gasteiger partial charge is 0.240 e. The highest BCUT2D eigenvalue weighted by atomic mass is 32.2. The lowest BCUT2D eigenvalue weighted by Crippen LogP contribution is -2.47. The molecule has 2 heterocycles. The van der Waals surface area contributed by atoms with Gasteiger partial charge in [-0.05, 0) is 57.0 Å². The molecular formula is C15H23N3O2S. The third kappa shape index (κ3) is 2.93. The summed E-state index contributed by atoms with van der Waals surface area (Å²) in [5, 5.41) is 3.65. The molecule has 0 aromatic heterocycles. The number of hydrogen-bond acceptors (Lipinski definition) is 4. The number of hydrogen-bond donors (Lipinski definition) is 2. The highest BCUT2D eigenvalue weighted by Crippen LogP contribution is 2.31. The first-order valence-corrected chi connectivity index (χ1v) is 9.00. The first-order chi connectivity index (χ1) is 9.99. The van der Waals surface area contributed by atoms with E-state index in [1.807, 2.05) is 12.1 Å². The summed E-state index contributed by atoms with van der Waals surface area (Å²) in [6.07, 6.45) is 4.91. The molecule has 1 aromatic carbocycles. The van der Waals surface area contributed by atoms with Crippen molar-refractivity contribution in [2.24, 2.45) is 0 Å². The van der Waals surface area contributed by atoms with E-state index in [1.54, 1.807) is 12.1 Å². The molecule has 3 rings (SSSR count). The van der Waals surface area contributed by atoms with Crippen molar-refractivity contribution >= 4 is 15.7 Å². The molecule has 2 fully saturated rings. The molecule has 0 amide bonds. The zero-order chi connectivity index (χ0) is 15.0. The maximum Gasteiger partial charge on any atom is 0.240 e. The average Bonchev–Trinajstić information content (AvgIpc) is 2.85. The second-order valence-electron chi connectivity index (χ2n) is 6.08. The maximum atomic E-state index is 11.7. The monoisotopic (exact) mass is 309 g/mol. The molecule has 0 radical (unpaired) electrons. The first kappa shape index (κ1) is 14.8. The SMILES string of the molecule is CNS(=O)(=O)c1ccc(N(C)C2CC3CCC(C2)N3)cc1. The summed E-state index contributed by atoms with van der Waals surface area (Å²) < 4.78 is 25.8. The van der Waals surface area contributed by atoms with Crippen LogP contribution < -0.4 is 14.9 Å². The van der Waals surface area contributed by atoms with E-state index in [-0.39, 0.29) is 0 Å². The van der Waals surface area contributed by atoms with Gasteiger partial charge in [0.1, 0.15) is 0 Å². The lowest BCUT2D eigenvalue weighted by atomic mass is 9.98. The molecule has 0 saturated carbocycles. The second-order valence-corrected chi connectivity index (χ2v) is 7.96. The van der Waals surface area contributed by atoms with E-state index >= 15 is 0 Å². The Hall–Kier alpha value is -1.11. The van der Waals surface area contributed by atoms with Crippen LogP contribution in [0, 0.1) is 0 Å². The van der Waals surface area contributed by atoms with Gasteiger partial charge in [0.25, 0.3) is 0 Å². The molecule has 2 aliphatic heterocycles. The van der Waals surface area contributed by atoms with E-state index in [9.17, 15) is 8.42 Å². The molecule has 2 saturated heterocycles. The van der Waals surface area contributed by atoms with E-state index in [0.29, 0.717) is 23.0 Å². The third-order valence-electron chi connectivity index (χ3n) is 4.82. The van der Waals surface area contributed by atoms with Gasteiger partial charge in [-0.15, -0.1) is 0 Å². The van der Waals surface area contributed by atoms with Crippen molar-refractivity contribution in [3.05, 3.63) is 24.3 Å². The van der Waals surface area contributed by atoms with Crippen LogP contribution in [0.1, 0.15) is 25.7 Å². The van der Waals surface area contributed by atoms with E-state index in [0.717, 1.165) is 5.69 Å². The van der Waals surface area contributed by atoms with Gasteiger partial charge in [0.15, 0.2) is 0 Å². The van der Waals surface area contributed by atoms with Gasteiger partial charge in [0.2, 0.25) is 10.0 Å². The standard InChI is InChI=1S/C15H23N3O2S/c1-16-21(19,20)15-7-5-13(6-8-15)18(2)14-9-11-3-4-12(10-14)17-11/h5-8,11-12,14,16-17H,3-4,9-10H2,1-2H3. The molecule has 5 nitrogen and oxygen atoms in total. The Balaban J connectivity index is 1.75. The third-order valence-corrected chi connectivity index (χ3v) is 6.25. The molecule has 1 aromatic rings. The van der Waals surface area contributed by atoms with Crippen LogP contribution in [0.2, 0.25) is 0 Å². The molecule has 2 aliphatic rings. The molecule has 2 unspecified atom stereocenters. The minimum absolute atomic E-state index is 0.313. The molecule has 2 N–H and O–H groups in total. The molecule has 0 spiro atoms. The molecule has 2 atom stereocenters. The zero-order valence-corrected chi connectivity index (χ0v) is 13.4. The maximum absolute atomic E-state index is 11.7. The minimum Gasteiger partial charge on any atom is -0.371 e. The lowest BCUT2D eigenvalue weighted by Gasteiger charge is -2.37. The van der Waals surface area contributed by atoms with Gasteiger partial charge in [-0.2, -0.15) is 0 Å². The fourth-order valence-electron chi connectivity index (χ4n) is 3.53. The molecule has 2 bridgehead atoms. The Bertz CT molecular complexity index is 588. The molecule has 0 aliphatic carbocycles. The van der Waals surface area contributed by atoms with Crippen LogP contribution in [-0.2, 0) is 10.0 Å². The summed E-state index contributed by atoms with van der Waals surface area (Å²) in [5.41, 5.74) is 1.08. The van der Waals surface area contributed by atoms with E-state index in [2.05, 4.69) is 22.0 Å². The van der Waals surface area contributed by atoms with Crippen LogP contribution in [0.4, 0.5) is 5.69 Å². The number of piperidine rings is 1. The average molecular weight is 309 g/mol. The predicted molar refractivity (Wildman–Crippen MR) is 84.1 cm³/mol. The van der Waals surface area contributed by atoms with Gasteiger partial charge in [-0.3, -0.25) is 0 Å². The van der Waals surface area contributed by atoms with Crippen molar-refractivity contribution in [3.8, 4) is 0 Å². The van der Waals surface area contributed by atoms with Gasteiger partial charge in [-0.1, -0.05) is 0 Å². The normalized spacial score (nSPS) is 28.6. The van der Waals surface area contributed by atoms with Crippen LogP contribution in [0.15, 0.2) is 29.2 Å². The summed E-state index contributed by atoms with van der Waals surface area (Å²) in [7, 11) is 0.187. The van der Waals surface area contributed by atoms with Crippen LogP contribution in [0.25, 0.3) is 0 Å². The van der Waals surface area contributed by atoms with Crippen molar-refractivity contribution in [2.75, 3.05) is 19.0 Å². The zero-order valence-electron chi connectivity index (χ0n) is 12.5. The molecule has 116 valence electrons. The summed E-state index contributed by atoms with van der Waals surface area (Å²) in [6.45, 7) is 0. The summed E-state index contributed by atoms with van der Waals surface area (Å²) in [6, 6.07) is 8.99. The van der Waals surface area contributed by atoms with Crippen LogP contribution in [0.3, 0.4) is 0 Å². The summed E-state index contributed by atoms with van der Waals surface area (Å²) >= 11 is 0. The van der Waals surface area contributed by atoms with E-state index in [4.69, 9.17) is 0 Å².